The smallest absolute Gasteiger partial charge is 0.269 e. The number of carbonyl (C=O) groups is 1. The van der Waals surface area contributed by atoms with E-state index < -0.39 is 6.10 Å². The van der Waals surface area contributed by atoms with E-state index in [0.29, 0.717) is 6.42 Å². The molecule has 2 aliphatic heterocycles. The van der Waals surface area contributed by atoms with Crippen LogP contribution in [0.4, 0.5) is 11.4 Å². The van der Waals surface area contributed by atoms with E-state index in [4.69, 9.17) is 11.2 Å². The van der Waals surface area contributed by atoms with Crippen molar-refractivity contribution in [2.45, 2.75) is 19.4 Å². The first-order valence-corrected chi connectivity index (χ1v) is 7.76. The lowest BCUT2D eigenvalue weighted by Gasteiger charge is -2.38. The fraction of sp³-hybridized carbons (Fsp3) is 0.471. The molecule has 116 valence electrons. The van der Waals surface area contributed by atoms with E-state index >= 15 is 0 Å². The second-order valence-electron chi connectivity index (χ2n) is 5.50. The summed E-state index contributed by atoms with van der Waals surface area (Å²) in [5.74, 6) is 3.30. The molecule has 1 N–H and O–H groups in total. The standard InChI is InChI=1S/C17H21N3O2/c1-3-10-20-16-13(19-11-8-18-9-12-19)6-5-7-15(16)22-14(4-2)17(20)21/h1,5-7,14,18H,4,8-12H2,2H3. The Kier molecular flexibility index (Phi) is 4.21. The Morgan fingerprint density at radius 2 is 2.18 bits per heavy atom. The third-order valence-corrected chi connectivity index (χ3v) is 4.14. The largest absolute Gasteiger partial charge is 0.478 e. The Balaban J connectivity index is 2.05. The van der Waals surface area contributed by atoms with E-state index in [0.717, 1.165) is 43.3 Å². The summed E-state index contributed by atoms with van der Waals surface area (Å²) in [6, 6.07) is 5.93. The number of rotatable bonds is 3. The number of nitrogens with one attached hydrogen (secondary N) is 1. The van der Waals surface area contributed by atoms with Crippen LogP contribution in [0.2, 0.25) is 0 Å². The van der Waals surface area contributed by atoms with Gasteiger partial charge in [0.1, 0.15) is 11.4 Å². The van der Waals surface area contributed by atoms with Crippen molar-refractivity contribution in [3.63, 3.8) is 0 Å². The Morgan fingerprint density at radius 3 is 2.86 bits per heavy atom. The van der Waals surface area contributed by atoms with Gasteiger partial charge in [-0.05, 0) is 18.6 Å². The normalized spacial score (nSPS) is 21.1. The molecule has 2 aliphatic rings. The summed E-state index contributed by atoms with van der Waals surface area (Å²) in [6.45, 7) is 5.91. The van der Waals surface area contributed by atoms with Crippen LogP contribution in [0.3, 0.4) is 0 Å². The number of terminal acetylenes is 1. The Labute approximate surface area is 131 Å². The summed E-state index contributed by atoms with van der Waals surface area (Å²) in [5.41, 5.74) is 1.84. The molecule has 1 fully saturated rings. The van der Waals surface area contributed by atoms with E-state index in [1.54, 1.807) is 4.90 Å². The summed E-state index contributed by atoms with van der Waals surface area (Å²) in [6.07, 6.45) is 5.68. The molecule has 1 saturated heterocycles. The van der Waals surface area contributed by atoms with Gasteiger partial charge in [-0.3, -0.25) is 9.69 Å². The average molecular weight is 299 g/mol. The molecule has 0 spiro atoms. The van der Waals surface area contributed by atoms with Gasteiger partial charge in [0.05, 0.1) is 12.2 Å². The van der Waals surface area contributed by atoms with Crippen molar-refractivity contribution in [1.82, 2.24) is 5.32 Å². The molecule has 0 saturated carbocycles. The van der Waals surface area contributed by atoms with Gasteiger partial charge in [-0.25, -0.2) is 0 Å². The number of fused-ring (bicyclic) bond motifs is 1. The first-order chi connectivity index (χ1) is 10.8. The minimum Gasteiger partial charge on any atom is -0.478 e. The van der Waals surface area contributed by atoms with E-state index in [2.05, 4.69) is 16.1 Å². The number of carbonyl (C=O) groups excluding carboxylic acids is 1. The van der Waals surface area contributed by atoms with Crippen molar-refractivity contribution in [3.8, 4) is 18.1 Å². The molecule has 1 aromatic rings. The Hall–Kier alpha value is -2.19. The highest BCUT2D eigenvalue weighted by Crippen LogP contribution is 2.42. The van der Waals surface area contributed by atoms with E-state index in [1.807, 2.05) is 25.1 Å². The van der Waals surface area contributed by atoms with E-state index in [9.17, 15) is 4.79 Å². The molecule has 2 heterocycles. The zero-order valence-electron chi connectivity index (χ0n) is 12.8. The highest BCUT2D eigenvalue weighted by atomic mass is 16.5. The van der Waals surface area contributed by atoms with Gasteiger partial charge < -0.3 is 15.0 Å². The van der Waals surface area contributed by atoms with Crippen LogP contribution in [0.25, 0.3) is 0 Å². The molecule has 22 heavy (non-hydrogen) atoms. The highest BCUT2D eigenvalue weighted by molar-refractivity contribution is 6.03. The number of hydrogen-bond acceptors (Lipinski definition) is 4. The van der Waals surface area contributed by atoms with Crippen LogP contribution < -0.4 is 19.9 Å². The highest BCUT2D eigenvalue weighted by Gasteiger charge is 2.35. The van der Waals surface area contributed by atoms with Crippen molar-refractivity contribution in [2.24, 2.45) is 0 Å². The number of para-hydroxylation sites is 1. The van der Waals surface area contributed by atoms with E-state index in [1.165, 1.54) is 0 Å². The van der Waals surface area contributed by atoms with Gasteiger partial charge >= 0.3 is 0 Å². The number of piperazine rings is 1. The maximum atomic E-state index is 12.6. The van der Waals surface area contributed by atoms with Crippen LogP contribution in [0.15, 0.2) is 18.2 Å². The van der Waals surface area contributed by atoms with Crippen LogP contribution in [0, 0.1) is 12.3 Å². The molecule has 1 aromatic carbocycles. The molecule has 0 aliphatic carbocycles. The quantitative estimate of drug-likeness (QED) is 0.853. The number of hydrogen-bond donors (Lipinski definition) is 1. The molecule has 1 unspecified atom stereocenters. The molecule has 5 heteroatoms. The van der Waals surface area contributed by atoms with Crippen LogP contribution in [0.1, 0.15) is 13.3 Å². The number of nitrogens with zero attached hydrogens (tertiary/aromatic N) is 2. The third-order valence-electron chi connectivity index (χ3n) is 4.14. The Bertz CT molecular complexity index is 602. The summed E-state index contributed by atoms with van der Waals surface area (Å²) in [4.78, 5) is 16.6. The molecule has 3 rings (SSSR count). The van der Waals surface area contributed by atoms with Crippen LogP contribution in [-0.2, 0) is 4.79 Å². The fourth-order valence-corrected chi connectivity index (χ4v) is 3.03. The molecule has 0 bridgehead atoms. The number of amides is 1. The zero-order valence-corrected chi connectivity index (χ0v) is 12.8. The molecular weight excluding hydrogens is 278 g/mol. The average Bonchev–Trinajstić information content (AvgIpc) is 2.57. The predicted octanol–water partition coefficient (Wildman–Crippen LogP) is 1.23. The van der Waals surface area contributed by atoms with Crippen molar-refractivity contribution >= 4 is 17.3 Å². The zero-order chi connectivity index (χ0) is 15.5. The Morgan fingerprint density at radius 1 is 1.41 bits per heavy atom. The SMILES string of the molecule is C#CCN1C(=O)C(CC)Oc2cccc(N3CCNCC3)c21. The summed E-state index contributed by atoms with van der Waals surface area (Å²) in [7, 11) is 0. The monoisotopic (exact) mass is 299 g/mol. The lowest BCUT2D eigenvalue weighted by Crippen LogP contribution is -2.48. The number of benzene rings is 1. The fourth-order valence-electron chi connectivity index (χ4n) is 3.03. The number of ether oxygens (including phenoxy) is 1. The maximum absolute atomic E-state index is 12.6. The molecule has 0 radical (unpaired) electrons. The topological polar surface area (TPSA) is 44.8 Å². The van der Waals surface area contributed by atoms with Gasteiger partial charge in [-0.2, -0.15) is 0 Å². The van der Waals surface area contributed by atoms with E-state index in [-0.39, 0.29) is 12.5 Å². The number of anilines is 2. The first kappa shape index (κ1) is 14.7. The van der Waals surface area contributed by atoms with Crippen molar-refractivity contribution in [1.29, 1.82) is 0 Å². The molecular formula is C17H21N3O2. The first-order valence-electron chi connectivity index (χ1n) is 7.76. The second-order valence-corrected chi connectivity index (χ2v) is 5.50. The van der Waals surface area contributed by atoms with Gasteiger partial charge in [0.25, 0.3) is 5.91 Å². The van der Waals surface area contributed by atoms with Crippen LogP contribution >= 0.6 is 0 Å². The van der Waals surface area contributed by atoms with Crippen LogP contribution in [0.5, 0.6) is 5.75 Å². The lowest BCUT2D eigenvalue weighted by atomic mass is 10.1. The van der Waals surface area contributed by atoms with Crippen molar-refractivity contribution < 1.29 is 9.53 Å². The third kappa shape index (κ3) is 2.51. The van der Waals surface area contributed by atoms with Gasteiger partial charge in [0.15, 0.2) is 6.10 Å². The second kappa shape index (κ2) is 6.29. The molecule has 0 aromatic heterocycles. The molecule has 1 atom stereocenters. The maximum Gasteiger partial charge on any atom is 0.269 e. The van der Waals surface area contributed by atoms with Gasteiger partial charge in [0, 0.05) is 26.2 Å². The predicted molar refractivity (Wildman–Crippen MR) is 87.4 cm³/mol. The molecule has 1 amide bonds. The van der Waals surface area contributed by atoms with Crippen LogP contribution in [-0.4, -0.2) is 44.7 Å². The minimum absolute atomic E-state index is 0.0458. The van der Waals surface area contributed by atoms with Gasteiger partial charge in [-0.1, -0.05) is 18.9 Å². The molecule has 5 nitrogen and oxygen atoms in total. The van der Waals surface area contributed by atoms with Crippen molar-refractivity contribution in [2.75, 3.05) is 42.5 Å². The van der Waals surface area contributed by atoms with Crippen molar-refractivity contribution in [3.05, 3.63) is 18.2 Å². The summed E-state index contributed by atoms with van der Waals surface area (Å²) < 4.78 is 5.90. The lowest BCUT2D eigenvalue weighted by molar-refractivity contribution is -0.126. The van der Waals surface area contributed by atoms with Gasteiger partial charge in [0.2, 0.25) is 0 Å². The van der Waals surface area contributed by atoms with Gasteiger partial charge in [-0.15, -0.1) is 6.42 Å². The summed E-state index contributed by atoms with van der Waals surface area (Å²) >= 11 is 0. The summed E-state index contributed by atoms with van der Waals surface area (Å²) in [5, 5.41) is 3.34. The minimum atomic E-state index is -0.445.